The highest BCUT2D eigenvalue weighted by Gasteiger charge is 2.31. The number of halogens is 1. The van der Waals surface area contributed by atoms with Crippen LogP contribution in [0.15, 0.2) is 97.1 Å². The number of benzene rings is 4. The molecular weight excluding hydrogens is 472 g/mol. The molecule has 0 aliphatic rings. The van der Waals surface area contributed by atoms with Gasteiger partial charge in [0.2, 0.25) is 0 Å². The molecule has 1 heterocycles. The van der Waals surface area contributed by atoms with Gasteiger partial charge in [0.1, 0.15) is 5.75 Å². The fourth-order valence-electron chi connectivity index (χ4n) is 4.02. The van der Waals surface area contributed by atoms with Crippen LogP contribution in [-0.4, -0.2) is 22.3 Å². The zero-order valence-electron chi connectivity index (χ0n) is 19.8. The van der Waals surface area contributed by atoms with Gasteiger partial charge >= 0.3 is 0 Å². The van der Waals surface area contributed by atoms with Gasteiger partial charge in [-0.25, -0.2) is 4.98 Å². The van der Waals surface area contributed by atoms with Crippen LogP contribution in [0.1, 0.15) is 29.8 Å². The molecule has 0 aliphatic carbocycles. The molecular formula is C30H23ClN2O3. The smallest absolute Gasteiger partial charge is 0.268 e. The molecule has 1 amide bonds. The van der Waals surface area contributed by atoms with Crippen LogP contribution in [0.3, 0.4) is 0 Å². The van der Waals surface area contributed by atoms with Gasteiger partial charge in [-0.2, -0.15) is 0 Å². The minimum absolute atomic E-state index is 0.119. The molecule has 0 saturated carbocycles. The van der Waals surface area contributed by atoms with E-state index in [4.69, 9.17) is 21.3 Å². The van der Waals surface area contributed by atoms with E-state index >= 15 is 0 Å². The predicted octanol–water partition coefficient (Wildman–Crippen LogP) is 7.07. The second-order valence-electron chi connectivity index (χ2n) is 8.95. The van der Waals surface area contributed by atoms with Crippen LogP contribution in [0.4, 0.5) is 5.69 Å². The minimum Gasteiger partial charge on any atom is -0.478 e. The molecule has 1 aromatic heterocycles. The van der Waals surface area contributed by atoms with Crippen LogP contribution in [0.25, 0.3) is 21.8 Å². The summed E-state index contributed by atoms with van der Waals surface area (Å²) >= 11 is 5.91. The number of ether oxygens (including phenoxy) is 1. The van der Waals surface area contributed by atoms with Crippen LogP contribution in [0.5, 0.6) is 5.75 Å². The Hall–Kier alpha value is -4.22. The number of pyridine rings is 1. The van der Waals surface area contributed by atoms with Crippen molar-refractivity contribution >= 4 is 50.8 Å². The number of para-hydroxylation sites is 2. The summed E-state index contributed by atoms with van der Waals surface area (Å²) < 4.78 is 6.06. The van der Waals surface area contributed by atoms with E-state index < -0.39 is 5.60 Å². The Kier molecular flexibility index (Phi) is 6.17. The predicted molar refractivity (Wildman–Crippen MR) is 144 cm³/mol. The Bertz CT molecular complexity index is 1540. The van der Waals surface area contributed by atoms with Gasteiger partial charge in [0.05, 0.1) is 16.7 Å². The number of hydrogen-bond acceptors (Lipinski definition) is 4. The first-order valence-corrected chi connectivity index (χ1v) is 11.9. The highest BCUT2D eigenvalue weighted by Crippen LogP contribution is 2.32. The van der Waals surface area contributed by atoms with Crippen LogP contribution < -0.4 is 10.1 Å². The summed E-state index contributed by atoms with van der Waals surface area (Å²) in [7, 11) is 0. The second-order valence-corrected chi connectivity index (χ2v) is 9.38. The van der Waals surface area contributed by atoms with Gasteiger partial charge in [0.25, 0.3) is 5.91 Å². The number of aromatic nitrogens is 1. The van der Waals surface area contributed by atoms with Crippen molar-refractivity contribution in [2.24, 2.45) is 0 Å². The lowest BCUT2D eigenvalue weighted by molar-refractivity contribution is -0.128. The van der Waals surface area contributed by atoms with E-state index in [1.165, 1.54) is 0 Å². The van der Waals surface area contributed by atoms with E-state index in [9.17, 15) is 9.59 Å². The van der Waals surface area contributed by atoms with E-state index in [1.54, 1.807) is 62.4 Å². The first kappa shape index (κ1) is 23.5. The molecule has 0 unspecified atom stereocenters. The molecule has 5 aromatic rings. The number of anilines is 1. The van der Waals surface area contributed by atoms with Gasteiger partial charge in [-0.3, -0.25) is 9.59 Å². The molecule has 0 atom stereocenters. The second kappa shape index (κ2) is 9.44. The number of carbonyl (C=O) groups excluding carboxylic acids is 2. The zero-order chi connectivity index (χ0) is 25.3. The van der Waals surface area contributed by atoms with Crippen LogP contribution in [0.2, 0.25) is 5.02 Å². The van der Waals surface area contributed by atoms with Crippen LogP contribution in [-0.2, 0) is 4.79 Å². The average Bonchev–Trinajstić information content (AvgIpc) is 2.88. The molecule has 5 rings (SSSR count). The zero-order valence-corrected chi connectivity index (χ0v) is 20.5. The standard InChI is InChI=1S/C30H23ClN2O3/c1-30(2,36-22-17-13-20(14-18-22)28(34)19-11-15-21(31)16-12-19)29(35)33-27-23-7-3-5-9-25(23)32-26-10-6-4-8-24(26)27/h3-18H,1-2H3,(H,32,33,35). The van der Waals surface area contributed by atoms with Crippen molar-refractivity contribution < 1.29 is 14.3 Å². The molecule has 0 radical (unpaired) electrons. The Labute approximate surface area is 213 Å². The number of rotatable bonds is 6. The summed E-state index contributed by atoms with van der Waals surface area (Å²) in [5.74, 6) is 0.0595. The van der Waals surface area contributed by atoms with E-state index in [1.807, 2.05) is 48.5 Å². The van der Waals surface area contributed by atoms with Gasteiger partial charge in [-0.05, 0) is 74.5 Å². The Morgan fingerprint density at radius 1 is 0.750 bits per heavy atom. The first-order chi connectivity index (χ1) is 17.3. The molecule has 5 nitrogen and oxygen atoms in total. The maximum Gasteiger partial charge on any atom is 0.268 e. The number of fused-ring (bicyclic) bond motifs is 2. The van der Waals surface area contributed by atoms with Crippen molar-refractivity contribution in [1.29, 1.82) is 0 Å². The quantitative estimate of drug-likeness (QED) is 0.202. The fraction of sp³-hybridized carbons (Fsp3) is 0.100. The highest BCUT2D eigenvalue weighted by molar-refractivity contribution is 6.30. The van der Waals surface area contributed by atoms with Crippen molar-refractivity contribution in [3.63, 3.8) is 0 Å². The van der Waals surface area contributed by atoms with Gasteiger partial charge in [0, 0.05) is 26.9 Å². The molecule has 6 heteroatoms. The average molecular weight is 495 g/mol. The van der Waals surface area contributed by atoms with Gasteiger partial charge in [-0.1, -0.05) is 48.0 Å². The lowest BCUT2D eigenvalue weighted by Gasteiger charge is -2.26. The maximum absolute atomic E-state index is 13.4. The summed E-state index contributed by atoms with van der Waals surface area (Å²) in [6.45, 7) is 3.42. The van der Waals surface area contributed by atoms with E-state index in [0.717, 1.165) is 21.8 Å². The molecule has 1 N–H and O–H groups in total. The molecule has 0 aliphatic heterocycles. The number of nitrogens with zero attached hydrogens (tertiary/aromatic N) is 1. The van der Waals surface area contributed by atoms with E-state index in [0.29, 0.717) is 27.6 Å². The van der Waals surface area contributed by atoms with E-state index in [-0.39, 0.29) is 11.7 Å². The third kappa shape index (κ3) is 4.66. The third-order valence-corrected chi connectivity index (χ3v) is 6.22. The number of carbonyl (C=O) groups is 2. The minimum atomic E-state index is -1.19. The molecule has 0 fully saturated rings. The Morgan fingerprint density at radius 3 is 1.81 bits per heavy atom. The Balaban J connectivity index is 1.37. The molecule has 36 heavy (non-hydrogen) atoms. The number of ketones is 1. The van der Waals surface area contributed by atoms with Gasteiger partial charge in [0.15, 0.2) is 11.4 Å². The van der Waals surface area contributed by atoms with Crippen molar-refractivity contribution in [2.75, 3.05) is 5.32 Å². The highest BCUT2D eigenvalue weighted by atomic mass is 35.5. The largest absolute Gasteiger partial charge is 0.478 e. The summed E-state index contributed by atoms with van der Waals surface area (Å²) in [6, 6.07) is 28.9. The number of amides is 1. The van der Waals surface area contributed by atoms with Crippen molar-refractivity contribution in [2.45, 2.75) is 19.4 Å². The number of nitrogens with one attached hydrogen (secondary N) is 1. The topological polar surface area (TPSA) is 68.3 Å². The SMILES string of the molecule is CC(C)(Oc1ccc(C(=O)c2ccc(Cl)cc2)cc1)C(=O)Nc1c2ccccc2nc2ccccc12. The normalized spacial score (nSPS) is 11.4. The van der Waals surface area contributed by atoms with Crippen molar-refractivity contribution in [3.05, 3.63) is 113 Å². The summed E-state index contributed by atoms with van der Waals surface area (Å²) in [6.07, 6.45) is 0. The van der Waals surface area contributed by atoms with Crippen molar-refractivity contribution in [3.8, 4) is 5.75 Å². The lowest BCUT2D eigenvalue weighted by atomic mass is 10.0. The first-order valence-electron chi connectivity index (χ1n) is 11.5. The monoisotopic (exact) mass is 494 g/mol. The van der Waals surface area contributed by atoms with Crippen molar-refractivity contribution in [1.82, 2.24) is 4.98 Å². The van der Waals surface area contributed by atoms with Gasteiger partial charge < -0.3 is 10.1 Å². The summed E-state index contributed by atoms with van der Waals surface area (Å²) in [4.78, 5) is 30.8. The molecule has 0 spiro atoms. The maximum atomic E-state index is 13.4. The van der Waals surface area contributed by atoms with E-state index in [2.05, 4.69) is 5.32 Å². The summed E-state index contributed by atoms with van der Waals surface area (Å²) in [5, 5.41) is 5.35. The van der Waals surface area contributed by atoms with Gasteiger partial charge in [-0.15, -0.1) is 0 Å². The van der Waals surface area contributed by atoms with Crippen LogP contribution in [0, 0.1) is 0 Å². The summed E-state index contributed by atoms with van der Waals surface area (Å²) in [5.41, 5.74) is 2.16. The number of hydrogen-bond donors (Lipinski definition) is 1. The third-order valence-electron chi connectivity index (χ3n) is 5.97. The lowest BCUT2D eigenvalue weighted by Crippen LogP contribution is -2.42. The molecule has 4 aromatic carbocycles. The Morgan fingerprint density at radius 2 is 1.25 bits per heavy atom. The molecule has 0 bridgehead atoms. The fourth-order valence-corrected chi connectivity index (χ4v) is 4.15. The molecule has 0 saturated heterocycles. The molecule has 178 valence electrons. The van der Waals surface area contributed by atoms with Crippen LogP contribution >= 0.6 is 11.6 Å².